The Morgan fingerprint density at radius 2 is 2.10 bits per heavy atom. The van der Waals surface area contributed by atoms with Crippen LogP contribution >= 0.6 is 0 Å². The van der Waals surface area contributed by atoms with E-state index in [-0.39, 0.29) is 18.5 Å². The number of nitrogens with two attached hydrogens (primary N) is 1. The first-order valence-corrected chi connectivity index (χ1v) is 6.87. The van der Waals surface area contributed by atoms with Crippen LogP contribution in [0.15, 0.2) is 18.2 Å². The summed E-state index contributed by atoms with van der Waals surface area (Å²) in [6, 6.07) is 5.64. The average Bonchev–Trinajstić information content (AvgIpc) is 2.75. The molecule has 1 saturated heterocycles. The van der Waals surface area contributed by atoms with E-state index in [0.717, 1.165) is 30.8 Å². The number of fused-ring (bicyclic) bond motifs is 1. The molecule has 0 aliphatic carbocycles. The van der Waals surface area contributed by atoms with E-state index in [2.05, 4.69) is 10.2 Å². The van der Waals surface area contributed by atoms with Gasteiger partial charge in [0, 0.05) is 31.0 Å². The van der Waals surface area contributed by atoms with Crippen molar-refractivity contribution in [1.29, 1.82) is 0 Å². The average molecular weight is 274 g/mol. The largest absolute Gasteiger partial charge is 0.399 e. The number of nitrogen functional groups attached to an aromatic ring is 1. The summed E-state index contributed by atoms with van der Waals surface area (Å²) in [5.74, 6) is -0.149. The Labute approximate surface area is 117 Å². The zero-order valence-electron chi connectivity index (χ0n) is 11.3. The van der Waals surface area contributed by atoms with E-state index in [1.54, 1.807) is 0 Å². The number of nitrogens with zero attached hydrogens (tertiary/aromatic N) is 2. The fourth-order valence-electron chi connectivity index (χ4n) is 2.83. The molecule has 0 spiro atoms. The van der Waals surface area contributed by atoms with Crippen LogP contribution in [0.25, 0.3) is 0 Å². The molecule has 6 heteroatoms. The Morgan fingerprint density at radius 1 is 1.25 bits per heavy atom. The summed E-state index contributed by atoms with van der Waals surface area (Å²) in [5, 5.41) is 2.54. The van der Waals surface area contributed by atoms with Crippen molar-refractivity contribution in [2.75, 3.05) is 36.8 Å². The molecule has 0 aromatic heterocycles. The van der Waals surface area contributed by atoms with E-state index in [4.69, 9.17) is 5.73 Å². The highest BCUT2D eigenvalue weighted by Crippen LogP contribution is 2.28. The number of carbonyl (C=O) groups is 2. The number of anilines is 2. The molecule has 0 saturated carbocycles. The van der Waals surface area contributed by atoms with Crippen LogP contribution in [-0.4, -0.2) is 43.0 Å². The molecule has 2 aliphatic heterocycles. The smallest absolute Gasteiger partial charge is 0.324 e. The van der Waals surface area contributed by atoms with Crippen LogP contribution in [0, 0.1) is 0 Å². The standard InChI is InChI=1S/C14H18N4O2/c15-11-3-4-12-10(8-11)2-1-5-17(12)6-7-18-13(19)9-16-14(18)20/h3-4,8H,1-2,5-7,9,15H2,(H,16,20). The Hall–Kier alpha value is -2.24. The van der Waals surface area contributed by atoms with Crippen molar-refractivity contribution < 1.29 is 9.59 Å². The molecule has 3 rings (SSSR count). The van der Waals surface area contributed by atoms with Crippen molar-refractivity contribution in [3.63, 3.8) is 0 Å². The van der Waals surface area contributed by atoms with Crippen molar-refractivity contribution in [1.82, 2.24) is 10.2 Å². The highest BCUT2D eigenvalue weighted by Gasteiger charge is 2.29. The topological polar surface area (TPSA) is 78.7 Å². The third-order valence-electron chi connectivity index (χ3n) is 3.85. The predicted molar refractivity (Wildman–Crippen MR) is 76.5 cm³/mol. The van der Waals surface area contributed by atoms with Crippen molar-refractivity contribution in [3.05, 3.63) is 23.8 Å². The van der Waals surface area contributed by atoms with Crippen molar-refractivity contribution in [2.45, 2.75) is 12.8 Å². The van der Waals surface area contributed by atoms with Gasteiger partial charge in [-0.3, -0.25) is 9.69 Å². The highest BCUT2D eigenvalue weighted by molar-refractivity contribution is 6.01. The van der Waals surface area contributed by atoms with Gasteiger partial charge in [-0.2, -0.15) is 0 Å². The maximum absolute atomic E-state index is 11.6. The molecule has 1 aromatic rings. The molecule has 0 radical (unpaired) electrons. The number of rotatable bonds is 3. The Morgan fingerprint density at radius 3 is 2.85 bits per heavy atom. The number of benzene rings is 1. The normalized spacial score (nSPS) is 18.2. The molecule has 2 aliphatic rings. The van der Waals surface area contributed by atoms with Crippen LogP contribution in [0.3, 0.4) is 0 Å². The Kier molecular flexibility index (Phi) is 3.22. The number of amides is 3. The van der Waals surface area contributed by atoms with Crippen LogP contribution in [0.5, 0.6) is 0 Å². The van der Waals surface area contributed by atoms with Gasteiger partial charge in [0.2, 0.25) is 5.91 Å². The summed E-state index contributed by atoms with van der Waals surface area (Å²) >= 11 is 0. The molecule has 0 atom stereocenters. The van der Waals surface area contributed by atoms with Crippen LogP contribution in [0.2, 0.25) is 0 Å². The van der Waals surface area contributed by atoms with Gasteiger partial charge in [-0.05, 0) is 36.6 Å². The fraction of sp³-hybridized carbons (Fsp3) is 0.429. The maximum atomic E-state index is 11.6. The summed E-state index contributed by atoms with van der Waals surface area (Å²) < 4.78 is 0. The summed E-state index contributed by atoms with van der Waals surface area (Å²) in [5.41, 5.74) is 9.00. The summed E-state index contributed by atoms with van der Waals surface area (Å²) in [7, 11) is 0. The van der Waals surface area contributed by atoms with E-state index in [1.807, 2.05) is 18.2 Å². The Balaban J connectivity index is 1.70. The molecular formula is C14H18N4O2. The van der Waals surface area contributed by atoms with E-state index in [9.17, 15) is 9.59 Å². The predicted octanol–water partition coefficient (Wildman–Crippen LogP) is 0.573. The lowest BCUT2D eigenvalue weighted by Crippen LogP contribution is -2.40. The second kappa shape index (κ2) is 5.03. The minimum Gasteiger partial charge on any atom is -0.399 e. The van der Waals surface area contributed by atoms with E-state index >= 15 is 0 Å². The second-order valence-electron chi connectivity index (χ2n) is 5.18. The molecule has 20 heavy (non-hydrogen) atoms. The quantitative estimate of drug-likeness (QED) is 0.624. The van der Waals surface area contributed by atoms with Gasteiger partial charge < -0.3 is 16.0 Å². The first-order valence-electron chi connectivity index (χ1n) is 6.87. The maximum Gasteiger partial charge on any atom is 0.324 e. The van der Waals surface area contributed by atoms with Gasteiger partial charge in [-0.15, -0.1) is 0 Å². The molecule has 3 amide bonds. The number of hydrogen-bond donors (Lipinski definition) is 2. The molecule has 0 bridgehead atoms. The van der Waals surface area contributed by atoms with Gasteiger partial charge in [-0.1, -0.05) is 0 Å². The first-order chi connectivity index (χ1) is 9.65. The lowest BCUT2D eigenvalue weighted by molar-refractivity contribution is -0.124. The SMILES string of the molecule is Nc1ccc2c(c1)CCCN2CCN1C(=O)CNC1=O. The molecule has 106 valence electrons. The first kappa shape index (κ1) is 12.8. The Bertz CT molecular complexity index is 542. The minimum atomic E-state index is -0.287. The van der Waals surface area contributed by atoms with Crippen molar-refractivity contribution >= 4 is 23.3 Å². The van der Waals surface area contributed by atoms with Crippen LogP contribution < -0.4 is 16.0 Å². The van der Waals surface area contributed by atoms with Gasteiger partial charge in [0.15, 0.2) is 0 Å². The summed E-state index contributed by atoms with van der Waals surface area (Å²) in [4.78, 5) is 26.6. The third-order valence-corrected chi connectivity index (χ3v) is 3.85. The van der Waals surface area contributed by atoms with Gasteiger partial charge in [0.05, 0.1) is 6.54 Å². The van der Waals surface area contributed by atoms with Crippen LogP contribution in [0.4, 0.5) is 16.2 Å². The molecule has 0 unspecified atom stereocenters. The monoisotopic (exact) mass is 274 g/mol. The van der Waals surface area contributed by atoms with E-state index < -0.39 is 0 Å². The molecule has 3 N–H and O–H groups in total. The number of urea groups is 1. The van der Waals surface area contributed by atoms with Gasteiger partial charge in [0.25, 0.3) is 0 Å². The van der Waals surface area contributed by atoms with E-state index in [0.29, 0.717) is 13.1 Å². The highest BCUT2D eigenvalue weighted by atomic mass is 16.2. The second-order valence-corrected chi connectivity index (χ2v) is 5.18. The lowest BCUT2D eigenvalue weighted by atomic mass is 10.0. The number of aryl methyl sites for hydroxylation is 1. The molecule has 6 nitrogen and oxygen atoms in total. The van der Waals surface area contributed by atoms with E-state index in [1.165, 1.54) is 10.5 Å². The molecular weight excluding hydrogens is 256 g/mol. The van der Waals surface area contributed by atoms with Gasteiger partial charge >= 0.3 is 6.03 Å². The molecule has 2 heterocycles. The number of hydrogen-bond acceptors (Lipinski definition) is 4. The fourth-order valence-corrected chi connectivity index (χ4v) is 2.83. The van der Waals surface area contributed by atoms with Crippen molar-refractivity contribution in [3.8, 4) is 0 Å². The molecule has 1 aromatic carbocycles. The van der Waals surface area contributed by atoms with Gasteiger partial charge in [0.1, 0.15) is 0 Å². The third kappa shape index (κ3) is 2.29. The number of carbonyl (C=O) groups excluding carboxylic acids is 2. The summed E-state index contributed by atoms with van der Waals surface area (Å²) in [6.45, 7) is 2.15. The van der Waals surface area contributed by atoms with Gasteiger partial charge in [-0.25, -0.2) is 4.79 Å². The van der Waals surface area contributed by atoms with Crippen molar-refractivity contribution in [2.24, 2.45) is 0 Å². The van der Waals surface area contributed by atoms with Crippen LogP contribution in [-0.2, 0) is 11.2 Å². The number of imide groups is 1. The zero-order valence-corrected chi connectivity index (χ0v) is 11.3. The van der Waals surface area contributed by atoms with Crippen LogP contribution in [0.1, 0.15) is 12.0 Å². The zero-order chi connectivity index (χ0) is 14.1. The molecule has 1 fully saturated rings. The lowest BCUT2D eigenvalue weighted by Gasteiger charge is -2.32. The summed E-state index contributed by atoms with van der Waals surface area (Å²) in [6.07, 6.45) is 2.09. The minimum absolute atomic E-state index is 0.117. The number of nitrogens with one attached hydrogen (secondary N) is 1.